The molecule has 2 N–H and O–H groups in total. The summed E-state index contributed by atoms with van der Waals surface area (Å²) in [6.07, 6.45) is 6.05. The van der Waals surface area contributed by atoms with E-state index in [9.17, 15) is 9.59 Å². The van der Waals surface area contributed by atoms with Gasteiger partial charge in [-0.2, -0.15) is 0 Å². The monoisotopic (exact) mass is 416 g/mol. The number of amidine groups is 1. The van der Waals surface area contributed by atoms with Gasteiger partial charge in [0.2, 0.25) is 5.91 Å². The first-order chi connectivity index (χ1) is 15.2. The quantitative estimate of drug-likeness (QED) is 0.598. The summed E-state index contributed by atoms with van der Waals surface area (Å²) in [5.41, 5.74) is 4.57. The fraction of sp³-hybridized carbons (Fsp3) is 0.400. The van der Waals surface area contributed by atoms with Crippen LogP contribution >= 0.6 is 0 Å². The molecular weight excluding hydrogens is 388 g/mol. The van der Waals surface area contributed by atoms with Crippen LogP contribution < -0.4 is 11.0 Å². The van der Waals surface area contributed by atoms with Crippen LogP contribution in [-0.2, 0) is 17.8 Å². The number of unbranched alkanes of at least 4 members (excludes halogenated alkanes) is 2. The van der Waals surface area contributed by atoms with Crippen molar-refractivity contribution >= 4 is 22.8 Å². The van der Waals surface area contributed by atoms with Crippen molar-refractivity contribution in [1.29, 1.82) is 0 Å². The van der Waals surface area contributed by atoms with Crippen molar-refractivity contribution in [2.45, 2.75) is 63.5 Å². The molecule has 0 saturated heterocycles. The van der Waals surface area contributed by atoms with Gasteiger partial charge >= 0.3 is 5.69 Å². The van der Waals surface area contributed by atoms with Crippen molar-refractivity contribution in [1.82, 2.24) is 14.9 Å². The second-order valence-corrected chi connectivity index (χ2v) is 8.65. The Bertz CT molecular complexity index is 1190. The molecule has 2 heterocycles. The molecule has 1 aromatic heterocycles. The van der Waals surface area contributed by atoms with Gasteiger partial charge in [-0.15, -0.1) is 0 Å². The lowest BCUT2D eigenvalue weighted by Crippen LogP contribution is -2.29. The highest BCUT2D eigenvalue weighted by Gasteiger charge is 2.35. The van der Waals surface area contributed by atoms with Crippen molar-refractivity contribution in [3.8, 4) is 0 Å². The van der Waals surface area contributed by atoms with Crippen LogP contribution in [-0.4, -0.2) is 27.3 Å². The number of aryl methyl sites for hydroxylation is 2. The fourth-order valence-electron chi connectivity index (χ4n) is 5.06. The van der Waals surface area contributed by atoms with Crippen molar-refractivity contribution in [2.75, 3.05) is 0 Å². The number of fused-ring (bicyclic) bond motifs is 4. The molecule has 2 aliphatic rings. The third-order valence-electron chi connectivity index (χ3n) is 6.61. The standard InChI is InChI=1S/C25H28N4O2/c30-24(12-2-1-7-15-29-22-11-6-5-10-21(22)27-25(29)31)28-23-16-19-18-9-4-3-8-17(18)13-14-20(19)26-23/h3-6,8-11,19-20H,1-2,7,12-16H2,(H,27,31)(H,26,28,30). The number of aromatic amines is 1. The van der Waals surface area contributed by atoms with E-state index < -0.39 is 0 Å². The van der Waals surface area contributed by atoms with Gasteiger partial charge in [0.15, 0.2) is 0 Å². The van der Waals surface area contributed by atoms with Crippen molar-refractivity contribution < 1.29 is 4.79 Å². The highest BCUT2D eigenvalue weighted by molar-refractivity contribution is 5.99. The van der Waals surface area contributed by atoms with Gasteiger partial charge in [0.25, 0.3) is 0 Å². The lowest BCUT2D eigenvalue weighted by Gasteiger charge is -2.26. The Balaban J connectivity index is 1.08. The molecule has 2 unspecified atom stereocenters. The molecule has 1 amide bonds. The first-order valence-electron chi connectivity index (χ1n) is 11.3. The summed E-state index contributed by atoms with van der Waals surface area (Å²) in [4.78, 5) is 32.2. The van der Waals surface area contributed by atoms with E-state index in [0.29, 0.717) is 24.9 Å². The number of amides is 1. The molecule has 1 aliphatic carbocycles. The zero-order valence-electron chi connectivity index (χ0n) is 17.6. The molecule has 0 saturated carbocycles. The van der Waals surface area contributed by atoms with E-state index in [-0.39, 0.29) is 11.6 Å². The molecule has 3 aromatic rings. The number of carbonyl (C=O) groups is 1. The van der Waals surface area contributed by atoms with Gasteiger partial charge < -0.3 is 10.3 Å². The number of H-pyrrole nitrogens is 1. The van der Waals surface area contributed by atoms with Crippen LogP contribution in [0.25, 0.3) is 11.0 Å². The van der Waals surface area contributed by atoms with Crippen LogP contribution in [0.3, 0.4) is 0 Å². The predicted octanol–water partition coefficient (Wildman–Crippen LogP) is 3.91. The lowest BCUT2D eigenvalue weighted by atomic mass is 9.79. The number of carbonyl (C=O) groups excluding carboxylic acids is 1. The molecule has 2 atom stereocenters. The smallest absolute Gasteiger partial charge is 0.315 e. The maximum Gasteiger partial charge on any atom is 0.326 e. The molecule has 5 rings (SSSR count). The molecule has 0 fully saturated rings. The Morgan fingerprint density at radius 3 is 2.87 bits per heavy atom. The van der Waals surface area contributed by atoms with E-state index in [0.717, 1.165) is 55.4 Å². The number of nitrogens with zero attached hydrogens (tertiary/aromatic N) is 2. The first-order valence-corrected chi connectivity index (χ1v) is 11.3. The average molecular weight is 417 g/mol. The van der Waals surface area contributed by atoms with Gasteiger partial charge in [0.05, 0.1) is 17.1 Å². The Morgan fingerprint density at radius 2 is 1.94 bits per heavy atom. The normalized spacial score (nSPS) is 19.7. The van der Waals surface area contributed by atoms with Gasteiger partial charge in [-0.1, -0.05) is 42.8 Å². The van der Waals surface area contributed by atoms with Crippen LogP contribution in [0.4, 0.5) is 0 Å². The Morgan fingerprint density at radius 1 is 1.10 bits per heavy atom. The minimum atomic E-state index is -0.0683. The second-order valence-electron chi connectivity index (χ2n) is 8.65. The minimum Gasteiger partial charge on any atom is -0.315 e. The molecule has 6 nitrogen and oxygen atoms in total. The third-order valence-corrected chi connectivity index (χ3v) is 6.61. The second kappa shape index (κ2) is 8.53. The summed E-state index contributed by atoms with van der Waals surface area (Å²) in [6, 6.07) is 16.7. The lowest BCUT2D eigenvalue weighted by molar-refractivity contribution is -0.119. The molecule has 1 aliphatic heterocycles. The summed E-state index contributed by atoms with van der Waals surface area (Å²) in [6.45, 7) is 0.667. The van der Waals surface area contributed by atoms with Gasteiger partial charge in [-0.25, -0.2) is 4.79 Å². The van der Waals surface area contributed by atoms with Crippen molar-refractivity contribution in [2.24, 2.45) is 4.99 Å². The molecule has 6 heteroatoms. The number of aliphatic imine (C=N–C) groups is 1. The van der Waals surface area contributed by atoms with E-state index >= 15 is 0 Å². The van der Waals surface area contributed by atoms with Crippen LogP contribution in [0.5, 0.6) is 0 Å². The largest absolute Gasteiger partial charge is 0.326 e. The van der Waals surface area contributed by atoms with Crippen molar-refractivity contribution in [3.63, 3.8) is 0 Å². The zero-order chi connectivity index (χ0) is 21.2. The summed E-state index contributed by atoms with van der Waals surface area (Å²) in [5, 5.41) is 3.05. The van der Waals surface area contributed by atoms with E-state index in [1.54, 1.807) is 4.57 Å². The number of aromatic nitrogens is 2. The fourth-order valence-corrected chi connectivity index (χ4v) is 5.06. The van der Waals surface area contributed by atoms with Gasteiger partial charge in [-0.3, -0.25) is 14.4 Å². The number of rotatable bonds is 6. The van der Waals surface area contributed by atoms with E-state index in [1.807, 2.05) is 24.3 Å². The van der Waals surface area contributed by atoms with E-state index in [1.165, 1.54) is 11.1 Å². The Hall–Kier alpha value is -3.15. The van der Waals surface area contributed by atoms with Gasteiger partial charge in [0, 0.05) is 25.3 Å². The van der Waals surface area contributed by atoms with Crippen molar-refractivity contribution in [3.05, 3.63) is 70.1 Å². The average Bonchev–Trinajstić information content (AvgIpc) is 3.33. The maximum atomic E-state index is 12.4. The first kappa shape index (κ1) is 19.8. The molecule has 2 aromatic carbocycles. The molecule has 31 heavy (non-hydrogen) atoms. The van der Waals surface area contributed by atoms with Gasteiger partial charge in [-0.05, 0) is 48.9 Å². The molecular formula is C25H28N4O2. The Labute approximate surface area is 181 Å². The number of benzene rings is 2. The molecule has 0 spiro atoms. The summed E-state index contributed by atoms with van der Waals surface area (Å²) < 4.78 is 1.78. The SMILES string of the molecule is O=C(CCCCCn1c(=O)[nH]c2ccccc21)NC1=NC2CCc3ccccc3C2C1. The van der Waals surface area contributed by atoms with Crippen LogP contribution in [0.1, 0.15) is 55.6 Å². The molecule has 160 valence electrons. The topological polar surface area (TPSA) is 79.2 Å². The predicted molar refractivity (Wildman–Crippen MR) is 123 cm³/mol. The highest BCUT2D eigenvalue weighted by atomic mass is 16.2. The highest BCUT2D eigenvalue weighted by Crippen LogP contribution is 2.39. The summed E-state index contributed by atoms with van der Waals surface area (Å²) >= 11 is 0. The summed E-state index contributed by atoms with van der Waals surface area (Å²) in [5.74, 6) is 1.31. The number of para-hydroxylation sites is 2. The number of hydrogen-bond acceptors (Lipinski definition) is 3. The van der Waals surface area contributed by atoms with Crippen LogP contribution in [0.15, 0.2) is 58.3 Å². The molecule has 0 bridgehead atoms. The Kier molecular flexibility index (Phi) is 5.45. The summed E-state index contributed by atoms with van der Waals surface area (Å²) in [7, 11) is 0. The molecule has 0 radical (unpaired) electrons. The number of hydrogen-bond donors (Lipinski definition) is 2. The van der Waals surface area contributed by atoms with E-state index in [4.69, 9.17) is 4.99 Å². The maximum absolute atomic E-state index is 12.4. The van der Waals surface area contributed by atoms with Crippen LogP contribution in [0, 0.1) is 0 Å². The van der Waals surface area contributed by atoms with Crippen LogP contribution in [0.2, 0.25) is 0 Å². The van der Waals surface area contributed by atoms with Gasteiger partial charge in [0.1, 0.15) is 5.84 Å². The number of imidazole rings is 1. The zero-order valence-corrected chi connectivity index (χ0v) is 17.6. The third kappa shape index (κ3) is 4.07. The minimum absolute atomic E-state index is 0.0509. The van der Waals surface area contributed by atoms with E-state index in [2.05, 4.69) is 34.6 Å². The number of nitrogens with one attached hydrogen (secondary N) is 2.